The summed E-state index contributed by atoms with van der Waals surface area (Å²) in [5.74, 6) is -0.967. The van der Waals surface area contributed by atoms with Crippen LogP contribution in [-0.2, 0) is 9.53 Å². The molecule has 0 aliphatic rings. The van der Waals surface area contributed by atoms with E-state index in [4.69, 9.17) is 4.74 Å². The van der Waals surface area contributed by atoms with Crippen LogP contribution in [0.4, 0.5) is 10.1 Å². The van der Waals surface area contributed by atoms with Crippen molar-refractivity contribution in [2.24, 2.45) is 0 Å². The third kappa shape index (κ3) is 5.39. The highest BCUT2D eigenvalue weighted by Gasteiger charge is 2.12. The Bertz CT molecular complexity index is 732. The fourth-order valence-electron chi connectivity index (χ4n) is 2.29. The van der Waals surface area contributed by atoms with Crippen molar-refractivity contribution in [1.82, 2.24) is 5.32 Å². The van der Waals surface area contributed by atoms with Crippen LogP contribution in [0.15, 0.2) is 48.5 Å². The molecular formula is C19H21FN2O3. The van der Waals surface area contributed by atoms with Crippen LogP contribution in [0.2, 0.25) is 0 Å². The van der Waals surface area contributed by atoms with Crippen LogP contribution in [0.1, 0.15) is 35.8 Å². The largest absolute Gasteiger partial charge is 0.462 e. The lowest BCUT2D eigenvalue weighted by Gasteiger charge is -2.15. The molecule has 1 amide bonds. The molecule has 132 valence electrons. The topological polar surface area (TPSA) is 67.4 Å². The molecule has 2 aromatic rings. The molecule has 5 nitrogen and oxygen atoms in total. The van der Waals surface area contributed by atoms with Crippen molar-refractivity contribution in [2.45, 2.75) is 19.9 Å². The first-order valence-corrected chi connectivity index (χ1v) is 8.06. The Balaban J connectivity index is 1.86. The fourth-order valence-corrected chi connectivity index (χ4v) is 2.29. The summed E-state index contributed by atoms with van der Waals surface area (Å²) in [5.41, 5.74) is 1.50. The molecule has 0 aliphatic carbocycles. The molecule has 2 N–H and O–H groups in total. The smallest absolute Gasteiger partial charge is 0.338 e. The molecule has 0 radical (unpaired) electrons. The average molecular weight is 344 g/mol. The molecule has 0 aromatic heterocycles. The molecule has 0 fully saturated rings. The monoisotopic (exact) mass is 344 g/mol. The van der Waals surface area contributed by atoms with Crippen molar-refractivity contribution in [2.75, 3.05) is 18.5 Å². The van der Waals surface area contributed by atoms with Crippen LogP contribution in [0.25, 0.3) is 0 Å². The molecule has 0 aliphatic heterocycles. The standard InChI is InChI=1S/C19H21FN2O3/c1-3-25-19(24)14-8-10-15(11-9-14)22-18(23)12-21-13(2)16-6-4-5-7-17(16)20/h4-11,13,21H,3,12H2,1-2H3,(H,22,23). The Hall–Kier alpha value is -2.73. The zero-order valence-corrected chi connectivity index (χ0v) is 14.2. The van der Waals surface area contributed by atoms with E-state index in [1.54, 1.807) is 56.3 Å². The number of ether oxygens (including phenoxy) is 1. The molecule has 0 saturated heterocycles. The quantitative estimate of drug-likeness (QED) is 0.757. The lowest BCUT2D eigenvalue weighted by molar-refractivity contribution is -0.115. The summed E-state index contributed by atoms with van der Waals surface area (Å²) >= 11 is 0. The van der Waals surface area contributed by atoms with E-state index in [9.17, 15) is 14.0 Å². The Labute approximate surface area is 146 Å². The van der Waals surface area contributed by atoms with E-state index in [2.05, 4.69) is 10.6 Å². The van der Waals surface area contributed by atoms with Crippen molar-refractivity contribution < 1.29 is 18.7 Å². The maximum atomic E-state index is 13.7. The van der Waals surface area contributed by atoms with Gasteiger partial charge in [-0.15, -0.1) is 0 Å². The first-order valence-electron chi connectivity index (χ1n) is 8.06. The van der Waals surface area contributed by atoms with E-state index in [0.717, 1.165) is 0 Å². The number of benzene rings is 2. The third-order valence-corrected chi connectivity index (χ3v) is 3.62. The number of hydrogen-bond acceptors (Lipinski definition) is 4. The number of rotatable bonds is 7. The number of amides is 1. The van der Waals surface area contributed by atoms with Gasteiger partial charge in [0, 0.05) is 17.3 Å². The van der Waals surface area contributed by atoms with E-state index in [1.165, 1.54) is 6.07 Å². The Morgan fingerprint density at radius 2 is 1.80 bits per heavy atom. The molecule has 0 bridgehead atoms. The number of nitrogens with one attached hydrogen (secondary N) is 2. The SMILES string of the molecule is CCOC(=O)c1ccc(NC(=O)CNC(C)c2ccccc2F)cc1. The number of halogens is 1. The Morgan fingerprint density at radius 1 is 1.12 bits per heavy atom. The van der Waals surface area contributed by atoms with Gasteiger partial charge in [0.2, 0.25) is 5.91 Å². The molecule has 0 saturated carbocycles. The summed E-state index contributed by atoms with van der Waals surface area (Å²) in [6, 6.07) is 12.6. The van der Waals surface area contributed by atoms with Gasteiger partial charge in [-0.2, -0.15) is 0 Å². The molecule has 1 atom stereocenters. The van der Waals surface area contributed by atoms with E-state index in [-0.39, 0.29) is 24.3 Å². The zero-order valence-electron chi connectivity index (χ0n) is 14.2. The second-order valence-electron chi connectivity index (χ2n) is 5.47. The van der Waals surface area contributed by atoms with Gasteiger partial charge in [-0.25, -0.2) is 9.18 Å². The number of carbonyl (C=O) groups is 2. The highest BCUT2D eigenvalue weighted by molar-refractivity contribution is 5.94. The van der Waals surface area contributed by atoms with Gasteiger partial charge in [-0.1, -0.05) is 18.2 Å². The third-order valence-electron chi connectivity index (χ3n) is 3.62. The van der Waals surface area contributed by atoms with Gasteiger partial charge in [0.1, 0.15) is 5.82 Å². The predicted octanol–water partition coefficient (Wildman–Crippen LogP) is 3.29. The summed E-state index contributed by atoms with van der Waals surface area (Å²) in [6.07, 6.45) is 0. The highest BCUT2D eigenvalue weighted by atomic mass is 19.1. The van der Waals surface area contributed by atoms with Crippen LogP contribution in [-0.4, -0.2) is 25.0 Å². The van der Waals surface area contributed by atoms with Crippen molar-refractivity contribution in [3.63, 3.8) is 0 Å². The lowest BCUT2D eigenvalue weighted by Crippen LogP contribution is -2.30. The van der Waals surface area contributed by atoms with Crippen molar-refractivity contribution in [3.05, 3.63) is 65.5 Å². The van der Waals surface area contributed by atoms with Gasteiger partial charge in [0.15, 0.2) is 0 Å². The van der Waals surface area contributed by atoms with Crippen molar-refractivity contribution >= 4 is 17.6 Å². The van der Waals surface area contributed by atoms with E-state index < -0.39 is 5.97 Å². The van der Waals surface area contributed by atoms with Gasteiger partial charge in [0.05, 0.1) is 18.7 Å². The summed E-state index contributed by atoms with van der Waals surface area (Å²) in [4.78, 5) is 23.6. The fraction of sp³-hybridized carbons (Fsp3) is 0.263. The van der Waals surface area contributed by atoms with Crippen molar-refractivity contribution in [1.29, 1.82) is 0 Å². The Morgan fingerprint density at radius 3 is 2.44 bits per heavy atom. The van der Waals surface area contributed by atoms with Gasteiger partial charge in [-0.05, 0) is 44.2 Å². The first kappa shape index (κ1) is 18.6. The number of carbonyl (C=O) groups excluding carboxylic acids is 2. The van der Waals surface area contributed by atoms with Crippen LogP contribution >= 0.6 is 0 Å². The van der Waals surface area contributed by atoms with Gasteiger partial charge in [0.25, 0.3) is 0 Å². The Kier molecular flexibility index (Phi) is 6.65. The van der Waals surface area contributed by atoms with Gasteiger partial charge in [-0.3, -0.25) is 4.79 Å². The molecule has 0 heterocycles. The van der Waals surface area contributed by atoms with E-state index >= 15 is 0 Å². The second-order valence-corrected chi connectivity index (χ2v) is 5.47. The van der Waals surface area contributed by atoms with E-state index in [1.807, 2.05) is 0 Å². The van der Waals surface area contributed by atoms with Crippen LogP contribution < -0.4 is 10.6 Å². The average Bonchev–Trinajstić information content (AvgIpc) is 2.61. The number of hydrogen-bond donors (Lipinski definition) is 2. The van der Waals surface area contributed by atoms with Gasteiger partial charge < -0.3 is 15.4 Å². The first-order chi connectivity index (χ1) is 12.0. The summed E-state index contributed by atoms with van der Waals surface area (Å²) in [7, 11) is 0. The summed E-state index contributed by atoms with van der Waals surface area (Å²) in [5, 5.41) is 5.69. The van der Waals surface area contributed by atoms with Crippen LogP contribution in [0.3, 0.4) is 0 Å². The molecule has 2 rings (SSSR count). The molecule has 1 unspecified atom stereocenters. The molecule has 25 heavy (non-hydrogen) atoms. The maximum Gasteiger partial charge on any atom is 0.338 e. The van der Waals surface area contributed by atoms with Crippen LogP contribution in [0.5, 0.6) is 0 Å². The normalized spacial score (nSPS) is 11.6. The minimum absolute atomic E-state index is 0.0368. The number of anilines is 1. The molecule has 2 aromatic carbocycles. The van der Waals surface area contributed by atoms with Crippen molar-refractivity contribution in [3.8, 4) is 0 Å². The second kappa shape index (κ2) is 8.94. The lowest BCUT2D eigenvalue weighted by atomic mass is 10.1. The minimum atomic E-state index is -0.402. The maximum absolute atomic E-state index is 13.7. The molecular weight excluding hydrogens is 323 g/mol. The summed E-state index contributed by atoms with van der Waals surface area (Å²) < 4.78 is 18.6. The predicted molar refractivity (Wildman–Crippen MR) is 93.8 cm³/mol. The number of esters is 1. The molecule has 6 heteroatoms. The minimum Gasteiger partial charge on any atom is -0.462 e. The van der Waals surface area contributed by atoms with Gasteiger partial charge >= 0.3 is 5.97 Å². The summed E-state index contributed by atoms with van der Waals surface area (Å²) in [6.45, 7) is 3.87. The van der Waals surface area contributed by atoms with Crippen LogP contribution in [0, 0.1) is 5.82 Å². The highest BCUT2D eigenvalue weighted by Crippen LogP contribution is 2.16. The molecule has 0 spiro atoms. The zero-order chi connectivity index (χ0) is 18.2. The van der Waals surface area contributed by atoms with E-state index in [0.29, 0.717) is 23.4 Å².